The van der Waals surface area contributed by atoms with E-state index < -0.39 is 41.2 Å². The second-order valence-corrected chi connectivity index (χ2v) is 14.0. The molecule has 0 bridgehead atoms. The number of carbonyl (C=O) groups excluding carboxylic acids is 4. The van der Waals surface area contributed by atoms with Crippen LogP contribution in [0.25, 0.3) is 0 Å². The molecule has 7 rings (SSSR count). The van der Waals surface area contributed by atoms with Crippen molar-refractivity contribution >= 4 is 52.4 Å². The van der Waals surface area contributed by atoms with E-state index in [0.717, 1.165) is 16.7 Å². The van der Waals surface area contributed by atoms with Gasteiger partial charge in [0.25, 0.3) is 5.91 Å². The van der Waals surface area contributed by atoms with Gasteiger partial charge in [-0.15, -0.1) is 23.1 Å². The fourth-order valence-electron chi connectivity index (χ4n) is 6.24. The first-order chi connectivity index (χ1) is 26.0. The van der Waals surface area contributed by atoms with Gasteiger partial charge in [0.2, 0.25) is 12.3 Å². The molecule has 1 fully saturated rings. The van der Waals surface area contributed by atoms with E-state index in [4.69, 9.17) is 9.47 Å². The Morgan fingerprint density at radius 3 is 2.38 bits per heavy atom. The summed E-state index contributed by atoms with van der Waals surface area (Å²) in [5.41, 5.74) is 3.93. The maximum atomic E-state index is 14.4. The third kappa shape index (κ3) is 7.48. The van der Waals surface area contributed by atoms with Crippen molar-refractivity contribution in [3.8, 4) is 5.75 Å². The van der Waals surface area contributed by atoms with E-state index in [2.05, 4.69) is 27.2 Å². The van der Waals surface area contributed by atoms with Crippen LogP contribution >= 0.6 is 23.1 Å². The van der Waals surface area contributed by atoms with Gasteiger partial charge in [0.15, 0.2) is 11.2 Å². The third-order valence-electron chi connectivity index (χ3n) is 8.77. The highest BCUT2D eigenvalue weighted by atomic mass is 32.2. The van der Waals surface area contributed by atoms with Crippen molar-refractivity contribution in [1.29, 1.82) is 0 Å². The number of anilines is 1. The number of para-hydroxylation sites is 1. The standard InChI is InChI=1S/C40H33N5O6S2/c1-2-26-22-52-38-33(37(48)45(38)34(26)39(49)51-35(27-13-5-3-6-14-27)28-15-7-4-8-16-28)44-36(47)32(30-23-53-40(43-30)42-24-46)29-17-9-10-18-31(29)50-21-25-12-11-19-41-20-25/h2-20,23-24,32-33,35,38H,1,21-22H2,(H,44,47)(H,42,43,46)/t32?,33?,38-/m0/s1. The zero-order valence-electron chi connectivity index (χ0n) is 28.2. The lowest BCUT2D eigenvalue weighted by Gasteiger charge is -2.49. The second-order valence-electron chi connectivity index (χ2n) is 12.0. The Balaban J connectivity index is 1.14. The fourth-order valence-corrected chi connectivity index (χ4v) is 8.27. The molecule has 2 N–H and O–H groups in total. The minimum Gasteiger partial charge on any atom is -0.489 e. The average Bonchev–Trinajstić information content (AvgIpc) is 3.66. The number of carbonyl (C=O) groups is 4. The topological polar surface area (TPSA) is 140 Å². The van der Waals surface area contributed by atoms with E-state index in [-0.39, 0.29) is 12.3 Å². The van der Waals surface area contributed by atoms with Crippen LogP contribution in [0.4, 0.5) is 5.13 Å². The molecule has 3 aromatic carbocycles. The fraction of sp³-hybridized carbons (Fsp3) is 0.150. The first-order valence-corrected chi connectivity index (χ1v) is 18.6. The van der Waals surface area contributed by atoms with E-state index in [9.17, 15) is 19.2 Å². The molecule has 2 unspecified atom stereocenters. The van der Waals surface area contributed by atoms with Crippen molar-refractivity contribution in [2.45, 2.75) is 30.0 Å². The number of rotatable bonds is 14. The number of thiazole rings is 1. The summed E-state index contributed by atoms with van der Waals surface area (Å²) in [4.78, 5) is 63.6. The highest BCUT2D eigenvalue weighted by Gasteiger charge is 2.55. The zero-order chi connectivity index (χ0) is 36.7. The molecule has 13 heteroatoms. The molecule has 2 aromatic heterocycles. The van der Waals surface area contributed by atoms with Gasteiger partial charge in [-0.25, -0.2) is 9.78 Å². The quantitative estimate of drug-likeness (QED) is 0.0798. The second kappa shape index (κ2) is 16.1. The monoisotopic (exact) mass is 743 g/mol. The minimum atomic E-state index is -1.00. The SMILES string of the molecule is C=CC1=C(C(=O)OC(c2ccccc2)c2ccccc2)N2C(=O)C(NC(=O)C(c3csc(NC=O)n3)c3ccccc3OCc3cccnc3)[C@@H]2SC1. The number of nitrogens with one attached hydrogen (secondary N) is 2. The molecule has 0 radical (unpaired) electrons. The van der Waals surface area contributed by atoms with Gasteiger partial charge in [-0.2, -0.15) is 0 Å². The lowest BCUT2D eigenvalue weighted by atomic mass is 9.93. The van der Waals surface area contributed by atoms with Crippen molar-refractivity contribution in [2.24, 2.45) is 0 Å². The summed E-state index contributed by atoms with van der Waals surface area (Å²) in [6, 6.07) is 28.6. The Hall–Kier alpha value is -6.05. The van der Waals surface area contributed by atoms with Crippen LogP contribution in [0.1, 0.15) is 40.0 Å². The third-order valence-corrected chi connectivity index (χ3v) is 10.9. The number of β-lactam (4-membered cyclic amide) rings is 1. The number of allylic oxidation sites excluding steroid dienone is 1. The van der Waals surface area contributed by atoms with Crippen LogP contribution in [0.5, 0.6) is 5.75 Å². The van der Waals surface area contributed by atoms with Crippen LogP contribution in [0.3, 0.4) is 0 Å². The number of benzene rings is 3. The number of esters is 1. The van der Waals surface area contributed by atoms with Crippen LogP contribution in [-0.2, 0) is 30.5 Å². The molecule has 3 amide bonds. The molecule has 2 aliphatic heterocycles. The van der Waals surface area contributed by atoms with Crippen LogP contribution in [-0.4, -0.2) is 56.2 Å². The first-order valence-electron chi connectivity index (χ1n) is 16.6. The number of aromatic nitrogens is 2. The summed E-state index contributed by atoms with van der Waals surface area (Å²) in [5.74, 6) is -1.82. The first kappa shape index (κ1) is 35.4. The van der Waals surface area contributed by atoms with Crippen LogP contribution in [0.2, 0.25) is 0 Å². The molecule has 2 aliphatic rings. The summed E-state index contributed by atoms with van der Waals surface area (Å²) in [6.07, 6.45) is 4.72. The van der Waals surface area contributed by atoms with Crippen LogP contribution in [0, 0.1) is 0 Å². The molecular formula is C40H33N5O6S2. The molecule has 0 saturated carbocycles. The van der Waals surface area contributed by atoms with E-state index >= 15 is 0 Å². The van der Waals surface area contributed by atoms with Gasteiger partial charge in [0, 0.05) is 34.7 Å². The predicted molar refractivity (Wildman–Crippen MR) is 202 cm³/mol. The highest BCUT2D eigenvalue weighted by molar-refractivity contribution is 8.00. The number of nitrogens with zero attached hydrogens (tertiary/aromatic N) is 3. The van der Waals surface area contributed by atoms with Gasteiger partial charge >= 0.3 is 5.97 Å². The number of fused-ring (bicyclic) bond motifs is 1. The zero-order valence-corrected chi connectivity index (χ0v) is 29.8. The van der Waals surface area contributed by atoms with Gasteiger partial charge < -0.3 is 20.1 Å². The lowest BCUT2D eigenvalue weighted by Crippen LogP contribution is -2.70. The maximum absolute atomic E-state index is 14.4. The van der Waals surface area contributed by atoms with E-state index in [0.29, 0.717) is 39.9 Å². The Morgan fingerprint density at radius 2 is 1.70 bits per heavy atom. The Labute approximate surface area is 313 Å². The predicted octanol–water partition coefficient (Wildman–Crippen LogP) is 5.99. The smallest absolute Gasteiger partial charge is 0.356 e. The van der Waals surface area contributed by atoms with Crippen molar-refractivity contribution in [1.82, 2.24) is 20.2 Å². The summed E-state index contributed by atoms with van der Waals surface area (Å²) in [5, 5.41) is 6.90. The number of hydrogen-bond donors (Lipinski definition) is 2. The number of hydrogen-bond acceptors (Lipinski definition) is 10. The maximum Gasteiger partial charge on any atom is 0.356 e. The van der Waals surface area contributed by atoms with Gasteiger partial charge in [-0.3, -0.25) is 24.3 Å². The minimum absolute atomic E-state index is 0.103. The molecular weight excluding hydrogens is 711 g/mol. The normalized spacial score (nSPS) is 16.9. The number of ether oxygens (including phenoxy) is 2. The Morgan fingerprint density at radius 1 is 0.981 bits per heavy atom. The summed E-state index contributed by atoms with van der Waals surface area (Å²) in [7, 11) is 0. The molecule has 4 heterocycles. The van der Waals surface area contributed by atoms with E-state index in [1.54, 1.807) is 48.1 Å². The lowest BCUT2D eigenvalue weighted by molar-refractivity contribution is -0.154. The van der Waals surface area contributed by atoms with E-state index in [1.807, 2.05) is 72.8 Å². The molecule has 266 valence electrons. The van der Waals surface area contributed by atoms with Crippen molar-refractivity contribution in [3.63, 3.8) is 0 Å². The highest BCUT2D eigenvalue weighted by Crippen LogP contribution is 2.43. The van der Waals surface area contributed by atoms with Crippen molar-refractivity contribution in [3.05, 3.63) is 167 Å². The van der Waals surface area contributed by atoms with Gasteiger partial charge in [0.1, 0.15) is 35.4 Å². The number of amides is 3. The molecule has 1 saturated heterocycles. The number of pyridine rings is 1. The molecule has 53 heavy (non-hydrogen) atoms. The van der Waals surface area contributed by atoms with Gasteiger partial charge in [-0.1, -0.05) is 97.6 Å². The molecule has 0 aliphatic carbocycles. The Kier molecular flexibility index (Phi) is 10.7. The van der Waals surface area contributed by atoms with Gasteiger partial charge in [0.05, 0.1) is 5.69 Å². The Bertz CT molecular complexity index is 2120. The molecule has 5 aromatic rings. The molecule has 11 nitrogen and oxygen atoms in total. The summed E-state index contributed by atoms with van der Waals surface area (Å²) in [6.45, 7) is 4.11. The van der Waals surface area contributed by atoms with Crippen molar-refractivity contribution < 1.29 is 28.7 Å². The molecule has 3 atom stereocenters. The van der Waals surface area contributed by atoms with Crippen LogP contribution < -0.4 is 15.4 Å². The molecule has 0 spiro atoms. The van der Waals surface area contributed by atoms with Gasteiger partial charge in [-0.05, 0) is 28.8 Å². The largest absolute Gasteiger partial charge is 0.489 e. The van der Waals surface area contributed by atoms with E-state index in [1.165, 1.54) is 28.0 Å². The average molecular weight is 744 g/mol. The number of thioether (sulfide) groups is 1. The summed E-state index contributed by atoms with van der Waals surface area (Å²) >= 11 is 2.58. The van der Waals surface area contributed by atoms with Crippen LogP contribution in [0.15, 0.2) is 139 Å². The van der Waals surface area contributed by atoms with Crippen molar-refractivity contribution in [2.75, 3.05) is 11.1 Å². The summed E-state index contributed by atoms with van der Waals surface area (Å²) < 4.78 is 12.3.